The van der Waals surface area contributed by atoms with Gasteiger partial charge in [0, 0.05) is 11.1 Å². The zero-order valence-electron chi connectivity index (χ0n) is 13.9. The van der Waals surface area contributed by atoms with E-state index in [1.54, 1.807) is 0 Å². The maximum Gasteiger partial charge on any atom is 0.248 e. The first-order chi connectivity index (χ1) is 11.5. The van der Waals surface area contributed by atoms with Crippen LogP contribution >= 0.6 is 0 Å². The summed E-state index contributed by atoms with van der Waals surface area (Å²) in [6.07, 6.45) is 0. The van der Waals surface area contributed by atoms with Gasteiger partial charge in [-0.15, -0.1) is 10.2 Å². The van der Waals surface area contributed by atoms with Crippen LogP contribution < -0.4 is 9.47 Å². The minimum Gasteiger partial charge on any atom is -0.454 e. The highest BCUT2D eigenvalue weighted by atomic mass is 16.7. The first kappa shape index (κ1) is 14.8. The summed E-state index contributed by atoms with van der Waals surface area (Å²) in [5.74, 6) is 2.39. The summed E-state index contributed by atoms with van der Waals surface area (Å²) < 4.78 is 16.5. The molecule has 0 saturated carbocycles. The topological polar surface area (TPSA) is 57.4 Å². The molecule has 2 aromatic carbocycles. The molecule has 0 atom stereocenters. The van der Waals surface area contributed by atoms with Gasteiger partial charge in [-0.1, -0.05) is 32.9 Å². The summed E-state index contributed by atoms with van der Waals surface area (Å²) in [6, 6.07) is 13.8. The van der Waals surface area contributed by atoms with Crippen LogP contribution in [0.5, 0.6) is 11.5 Å². The van der Waals surface area contributed by atoms with Gasteiger partial charge in [0.1, 0.15) is 0 Å². The second kappa shape index (κ2) is 5.37. The molecule has 0 unspecified atom stereocenters. The maximum absolute atomic E-state index is 5.82. The van der Waals surface area contributed by atoms with Gasteiger partial charge in [-0.25, -0.2) is 0 Å². The molecule has 0 aliphatic carbocycles. The van der Waals surface area contributed by atoms with Crippen molar-refractivity contribution in [1.82, 2.24) is 10.2 Å². The van der Waals surface area contributed by atoms with Crippen LogP contribution in [0.4, 0.5) is 0 Å². The second-order valence-electron chi connectivity index (χ2n) is 6.81. The summed E-state index contributed by atoms with van der Waals surface area (Å²) in [6.45, 7) is 6.80. The van der Waals surface area contributed by atoms with Gasteiger partial charge >= 0.3 is 0 Å². The third-order valence-electron chi connectivity index (χ3n) is 4.04. The Morgan fingerprint density at radius 3 is 2.12 bits per heavy atom. The Balaban J connectivity index is 1.63. The molecular weight excluding hydrogens is 304 g/mol. The smallest absolute Gasteiger partial charge is 0.248 e. The lowest BCUT2D eigenvalue weighted by atomic mass is 9.87. The van der Waals surface area contributed by atoms with Crippen LogP contribution in [0.15, 0.2) is 46.9 Å². The highest BCUT2D eigenvalue weighted by Gasteiger charge is 2.18. The lowest BCUT2D eigenvalue weighted by Gasteiger charge is -2.18. The van der Waals surface area contributed by atoms with Gasteiger partial charge in [-0.05, 0) is 41.3 Å². The van der Waals surface area contributed by atoms with E-state index in [1.807, 2.05) is 30.3 Å². The summed E-state index contributed by atoms with van der Waals surface area (Å²) >= 11 is 0. The van der Waals surface area contributed by atoms with Gasteiger partial charge in [0.25, 0.3) is 0 Å². The van der Waals surface area contributed by atoms with Gasteiger partial charge < -0.3 is 13.9 Å². The number of aromatic nitrogens is 2. The Morgan fingerprint density at radius 1 is 0.792 bits per heavy atom. The van der Waals surface area contributed by atoms with Crippen molar-refractivity contribution >= 4 is 0 Å². The monoisotopic (exact) mass is 322 g/mol. The Morgan fingerprint density at radius 2 is 1.42 bits per heavy atom. The van der Waals surface area contributed by atoms with Crippen LogP contribution in [0.3, 0.4) is 0 Å². The zero-order chi connectivity index (χ0) is 16.7. The minimum absolute atomic E-state index is 0.116. The lowest BCUT2D eigenvalue weighted by molar-refractivity contribution is 0.174. The number of ether oxygens (including phenoxy) is 2. The van der Waals surface area contributed by atoms with Crippen LogP contribution in [0, 0.1) is 0 Å². The number of hydrogen-bond acceptors (Lipinski definition) is 5. The predicted molar refractivity (Wildman–Crippen MR) is 90.0 cm³/mol. The highest BCUT2D eigenvalue weighted by molar-refractivity contribution is 5.62. The van der Waals surface area contributed by atoms with Crippen LogP contribution in [0.25, 0.3) is 22.9 Å². The molecule has 1 aliphatic rings. The van der Waals surface area contributed by atoms with Crippen molar-refractivity contribution in [3.63, 3.8) is 0 Å². The number of nitrogens with zero attached hydrogens (tertiary/aromatic N) is 2. The average molecular weight is 322 g/mol. The van der Waals surface area contributed by atoms with Crippen molar-refractivity contribution in [1.29, 1.82) is 0 Å². The van der Waals surface area contributed by atoms with Crippen molar-refractivity contribution in [2.45, 2.75) is 26.2 Å². The van der Waals surface area contributed by atoms with Crippen molar-refractivity contribution in [2.75, 3.05) is 6.79 Å². The molecule has 4 rings (SSSR count). The number of hydrogen-bond donors (Lipinski definition) is 0. The van der Waals surface area contributed by atoms with Gasteiger partial charge in [0.2, 0.25) is 18.6 Å². The molecule has 24 heavy (non-hydrogen) atoms. The molecule has 0 bridgehead atoms. The van der Waals surface area contributed by atoms with Gasteiger partial charge in [-0.2, -0.15) is 0 Å². The van der Waals surface area contributed by atoms with Crippen molar-refractivity contribution in [3.8, 4) is 34.4 Å². The van der Waals surface area contributed by atoms with E-state index >= 15 is 0 Å². The molecule has 0 N–H and O–H groups in total. The lowest BCUT2D eigenvalue weighted by Crippen LogP contribution is -2.10. The van der Waals surface area contributed by atoms with E-state index in [9.17, 15) is 0 Å². The Labute approximate surface area is 140 Å². The van der Waals surface area contributed by atoms with Crippen LogP contribution in [0.1, 0.15) is 26.3 Å². The average Bonchev–Trinajstić information content (AvgIpc) is 3.22. The molecule has 122 valence electrons. The molecule has 0 amide bonds. The van der Waals surface area contributed by atoms with E-state index in [1.165, 1.54) is 5.56 Å². The fourth-order valence-corrected chi connectivity index (χ4v) is 2.60. The molecule has 0 saturated heterocycles. The first-order valence-corrected chi connectivity index (χ1v) is 7.85. The van der Waals surface area contributed by atoms with Gasteiger partial charge in [0.15, 0.2) is 11.5 Å². The molecule has 5 nitrogen and oxygen atoms in total. The number of fused-ring (bicyclic) bond motifs is 1. The molecule has 1 aromatic heterocycles. The summed E-state index contributed by atoms with van der Waals surface area (Å²) in [5.41, 5.74) is 3.10. The Hall–Kier alpha value is -2.82. The molecular formula is C19H18N2O3. The van der Waals surface area contributed by atoms with E-state index in [0.717, 1.165) is 16.9 Å². The molecule has 0 fully saturated rings. The van der Waals surface area contributed by atoms with Crippen LogP contribution in [-0.2, 0) is 5.41 Å². The predicted octanol–water partition coefficient (Wildman–Crippen LogP) is 4.43. The second-order valence-corrected chi connectivity index (χ2v) is 6.81. The molecule has 0 spiro atoms. The SMILES string of the molecule is CC(C)(C)c1ccc(-c2nnc(-c3ccc4c(c3)OCO4)o2)cc1. The summed E-state index contributed by atoms with van der Waals surface area (Å²) in [4.78, 5) is 0. The van der Waals surface area contributed by atoms with Crippen LogP contribution in [-0.4, -0.2) is 17.0 Å². The van der Waals surface area contributed by atoms with E-state index in [4.69, 9.17) is 13.9 Å². The fraction of sp³-hybridized carbons (Fsp3) is 0.263. The quantitative estimate of drug-likeness (QED) is 0.698. The standard InChI is InChI=1S/C19H18N2O3/c1-19(2,3)14-7-4-12(5-8-14)17-20-21-18(24-17)13-6-9-15-16(10-13)23-11-22-15/h4-10H,11H2,1-3H3. The largest absolute Gasteiger partial charge is 0.454 e. The van der Waals surface area contributed by atoms with Crippen molar-refractivity contribution in [3.05, 3.63) is 48.0 Å². The zero-order valence-corrected chi connectivity index (χ0v) is 13.9. The highest BCUT2D eigenvalue weighted by Crippen LogP contribution is 2.36. The Kier molecular flexibility index (Phi) is 3.30. The number of benzene rings is 2. The molecule has 5 heteroatoms. The summed E-state index contributed by atoms with van der Waals surface area (Å²) in [5, 5.41) is 8.31. The van der Waals surface area contributed by atoms with E-state index in [-0.39, 0.29) is 12.2 Å². The summed E-state index contributed by atoms with van der Waals surface area (Å²) in [7, 11) is 0. The molecule has 1 aliphatic heterocycles. The number of rotatable bonds is 2. The minimum atomic E-state index is 0.116. The van der Waals surface area contributed by atoms with E-state index in [0.29, 0.717) is 17.5 Å². The molecule has 2 heterocycles. The van der Waals surface area contributed by atoms with Crippen molar-refractivity contribution < 1.29 is 13.9 Å². The molecule has 0 radical (unpaired) electrons. The van der Waals surface area contributed by atoms with Gasteiger partial charge in [0.05, 0.1) is 0 Å². The van der Waals surface area contributed by atoms with E-state index < -0.39 is 0 Å². The first-order valence-electron chi connectivity index (χ1n) is 7.85. The molecule has 3 aromatic rings. The van der Waals surface area contributed by atoms with Crippen LogP contribution in [0.2, 0.25) is 0 Å². The normalized spacial score (nSPS) is 13.3. The maximum atomic E-state index is 5.82. The fourth-order valence-electron chi connectivity index (χ4n) is 2.60. The third-order valence-corrected chi connectivity index (χ3v) is 4.04. The third kappa shape index (κ3) is 2.62. The van der Waals surface area contributed by atoms with E-state index in [2.05, 4.69) is 43.1 Å². The van der Waals surface area contributed by atoms with Gasteiger partial charge in [-0.3, -0.25) is 0 Å². The van der Waals surface area contributed by atoms with Crippen molar-refractivity contribution in [2.24, 2.45) is 0 Å². The Bertz CT molecular complexity index is 876.